The summed E-state index contributed by atoms with van der Waals surface area (Å²) >= 11 is 0. The van der Waals surface area contributed by atoms with Crippen LogP contribution in [-0.2, 0) is 14.8 Å². The molecule has 1 aromatic heterocycles. The summed E-state index contributed by atoms with van der Waals surface area (Å²) in [6, 6.07) is 9.65. The average Bonchev–Trinajstić information content (AvgIpc) is 2.66. The van der Waals surface area contributed by atoms with Gasteiger partial charge in [0.15, 0.2) is 0 Å². The van der Waals surface area contributed by atoms with Crippen molar-refractivity contribution in [3.63, 3.8) is 0 Å². The number of aromatic nitrogens is 1. The minimum absolute atomic E-state index is 0.00961. The molecule has 29 heavy (non-hydrogen) atoms. The maximum atomic E-state index is 12.1. The molecule has 0 aliphatic carbocycles. The number of pyridine rings is 1. The molecule has 0 atom stereocenters. The number of ether oxygens (including phenoxy) is 1. The summed E-state index contributed by atoms with van der Waals surface area (Å²) in [6.07, 6.45) is 2.99. The number of nitrogens with zero attached hydrogens (tertiary/aromatic N) is 1. The molecule has 0 fully saturated rings. The standard InChI is InChI=1S/C19H24N4O5S/c1-14(2)28-17-7-5-16(6-8-17)23-29(26,27)13-18(24)21-10-11-22-19(25)15-4-3-9-20-12-15/h3-9,12,14,23H,10-11,13H2,1-2H3,(H,21,24)(H,22,25). The van der Waals surface area contributed by atoms with Crippen molar-refractivity contribution in [2.75, 3.05) is 23.6 Å². The number of carbonyl (C=O) groups is 2. The van der Waals surface area contributed by atoms with E-state index < -0.39 is 21.7 Å². The van der Waals surface area contributed by atoms with E-state index in [0.29, 0.717) is 17.0 Å². The molecular weight excluding hydrogens is 396 g/mol. The third kappa shape index (κ3) is 8.18. The van der Waals surface area contributed by atoms with Crippen molar-refractivity contribution in [3.05, 3.63) is 54.4 Å². The van der Waals surface area contributed by atoms with E-state index in [1.54, 1.807) is 42.6 Å². The van der Waals surface area contributed by atoms with Crippen molar-refractivity contribution in [2.24, 2.45) is 0 Å². The van der Waals surface area contributed by atoms with Crippen molar-refractivity contribution in [1.82, 2.24) is 15.6 Å². The van der Waals surface area contributed by atoms with E-state index >= 15 is 0 Å². The van der Waals surface area contributed by atoms with E-state index in [1.807, 2.05) is 13.8 Å². The molecule has 2 rings (SSSR count). The van der Waals surface area contributed by atoms with E-state index in [-0.39, 0.29) is 25.1 Å². The van der Waals surface area contributed by atoms with Gasteiger partial charge in [0.05, 0.1) is 11.7 Å². The van der Waals surface area contributed by atoms with Crippen LogP contribution in [0, 0.1) is 0 Å². The summed E-state index contributed by atoms with van der Waals surface area (Å²) < 4.78 is 32.1. The van der Waals surface area contributed by atoms with Gasteiger partial charge in [0, 0.05) is 31.2 Å². The Labute approximate surface area is 169 Å². The summed E-state index contributed by atoms with van der Waals surface area (Å²) in [6.45, 7) is 4.03. The number of nitrogens with one attached hydrogen (secondary N) is 3. The van der Waals surface area contributed by atoms with Crippen LogP contribution in [0.4, 0.5) is 5.69 Å². The fraction of sp³-hybridized carbons (Fsp3) is 0.316. The number of benzene rings is 1. The number of amides is 2. The van der Waals surface area contributed by atoms with Gasteiger partial charge in [0.25, 0.3) is 5.91 Å². The molecule has 10 heteroatoms. The Kier molecular flexibility index (Phi) is 7.96. The van der Waals surface area contributed by atoms with Crippen molar-refractivity contribution >= 4 is 27.5 Å². The Morgan fingerprint density at radius 3 is 2.38 bits per heavy atom. The fourth-order valence-corrected chi connectivity index (χ4v) is 3.30. The van der Waals surface area contributed by atoms with Gasteiger partial charge in [-0.15, -0.1) is 0 Å². The first-order valence-electron chi connectivity index (χ1n) is 8.97. The number of anilines is 1. The van der Waals surface area contributed by atoms with Gasteiger partial charge in [-0.05, 0) is 50.2 Å². The first-order chi connectivity index (χ1) is 13.7. The lowest BCUT2D eigenvalue weighted by Gasteiger charge is -2.12. The Morgan fingerprint density at radius 2 is 1.76 bits per heavy atom. The van der Waals surface area contributed by atoms with Gasteiger partial charge in [0.1, 0.15) is 11.5 Å². The maximum Gasteiger partial charge on any atom is 0.252 e. The third-order valence-corrected chi connectivity index (χ3v) is 4.67. The molecule has 0 saturated carbocycles. The van der Waals surface area contributed by atoms with Gasteiger partial charge in [-0.2, -0.15) is 0 Å². The van der Waals surface area contributed by atoms with Crippen molar-refractivity contribution in [3.8, 4) is 5.75 Å². The number of sulfonamides is 1. The molecule has 0 spiro atoms. The molecule has 9 nitrogen and oxygen atoms in total. The first kappa shape index (κ1) is 22.2. The second kappa shape index (κ2) is 10.4. The summed E-state index contributed by atoms with van der Waals surface area (Å²) in [4.78, 5) is 27.5. The summed E-state index contributed by atoms with van der Waals surface area (Å²) in [5.41, 5.74) is 0.730. The Balaban J connectivity index is 1.73. The highest BCUT2D eigenvalue weighted by Gasteiger charge is 2.16. The smallest absolute Gasteiger partial charge is 0.252 e. The van der Waals surface area contributed by atoms with Crippen LogP contribution in [0.3, 0.4) is 0 Å². The number of hydrogen-bond donors (Lipinski definition) is 3. The van der Waals surface area contributed by atoms with Crippen LogP contribution >= 0.6 is 0 Å². The molecule has 0 aliphatic rings. The lowest BCUT2D eigenvalue weighted by atomic mass is 10.3. The maximum absolute atomic E-state index is 12.1. The summed E-state index contributed by atoms with van der Waals surface area (Å²) in [5.74, 6) is -1.11. The van der Waals surface area contributed by atoms with Crippen LogP contribution in [0.5, 0.6) is 5.75 Å². The number of rotatable bonds is 10. The quantitative estimate of drug-likeness (QED) is 0.495. The van der Waals surface area contributed by atoms with E-state index in [0.717, 1.165) is 0 Å². The van der Waals surface area contributed by atoms with E-state index in [2.05, 4.69) is 20.3 Å². The number of hydrogen-bond acceptors (Lipinski definition) is 6. The first-order valence-corrected chi connectivity index (χ1v) is 10.6. The SMILES string of the molecule is CC(C)Oc1ccc(NS(=O)(=O)CC(=O)NCCNC(=O)c2cccnc2)cc1. The normalized spacial score (nSPS) is 11.0. The highest BCUT2D eigenvalue weighted by atomic mass is 32.2. The van der Waals surface area contributed by atoms with Gasteiger partial charge in [-0.25, -0.2) is 8.42 Å². The van der Waals surface area contributed by atoms with Crippen molar-refractivity contribution in [2.45, 2.75) is 20.0 Å². The minimum Gasteiger partial charge on any atom is -0.491 e. The third-order valence-electron chi connectivity index (χ3n) is 3.48. The van der Waals surface area contributed by atoms with Crippen LogP contribution in [-0.4, -0.2) is 50.2 Å². The van der Waals surface area contributed by atoms with Gasteiger partial charge in [-0.3, -0.25) is 19.3 Å². The summed E-state index contributed by atoms with van der Waals surface area (Å²) in [5, 5.41) is 5.06. The zero-order chi connectivity index (χ0) is 21.3. The molecule has 2 aromatic rings. The lowest BCUT2D eigenvalue weighted by Crippen LogP contribution is -2.38. The van der Waals surface area contributed by atoms with Crippen LogP contribution in [0.2, 0.25) is 0 Å². The van der Waals surface area contributed by atoms with Gasteiger partial charge in [-0.1, -0.05) is 0 Å². The predicted molar refractivity (Wildman–Crippen MR) is 109 cm³/mol. The van der Waals surface area contributed by atoms with E-state index in [4.69, 9.17) is 4.74 Å². The average molecular weight is 420 g/mol. The molecule has 1 heterocycles. The monoisotopic (exact) mass is 420 g/mol. The van der Waals surface area contributed by atoms with Crippen LogP contribution in [0.25, 0.3) is 0 Å². The van der Waals surface area contributed by atoms with Crippen LogP contribution < -0.4 is 20.1 Å². The summed E-state index contributed by atoms with van der Waals surface area (Å²) in [7, 11) is -3.86. The molecule has 0 aliphatic heterocycles. The molecular formula is C19H24N4O5S. The van der Waals surface area contributed by atoms with Crippen molar-refractivity contribution in [1.29, 1.82) is 0 Å². The number of carbonyl (C=O) groups excluding carboxylic acids is 2. The molecule has 1 aromatic carbocycles. The van der Waals surface area contributed by atoms with Crippen LogP contribution in [0.15, 0.2) is 48.8 Å². The fourth-order valence-electron chi connectivity index (χ4n) is 2.29. The largest absolute Gasteiger partial charge is 0.491 e. The van der Waals surface area contributed by atoms with E-state index in [1.165, 1.54) is 6.20 Å². The zero-order valence-corrected chi connectivity index (χ0v) is 17.0. The topological polar surface area (TPSA) is 126 Å². The molecule has 0 bridgehead atoms. The highest BCUT2D eigenvalue weighted by Crippen LogP contribution is 2.17. The predicted octanol–water partition coefficient (Wildman–Crippen LogP) is 1.16. The second-order valence-electron chi connectivity index (χ2n) is 6.40. The van der Waals surface area contributed by atoms with E-state index in [9.17, 15) is 18.0 Å². The minimum atomic E-state index is -3.86. The highest BCUT2D eigenvalue weighted by molar-refractivity contribution is 7.93. The molecule has 0 unspecified atom stereocenters. The van der Waals surface area contributed by atoms with Gasteiger partial charge < -0.3 is 15.4 Å². The molecule has 0 saturated heterocycles. The van der Waals surface area contributed by atoms with Crippen LogP contribution in [0.1, 0.15) is 24.2 Å². The molecule has 2 amide bonds. The van der Waals surface area contributed by atoms with Crippen molar-refractivity contribution < 1.29 is 22.7 Å². The lowest BCUT2D eigenvalue weighted by molar-refractivity contribution is -0.118. The Morgan fingerprint density at radius 1 is 1.07 bits per heavy atom. The Hall–Kier alpha value is -3.14. The zero-order valence-electron chi connectivity index (χ0n) is 16.2. The molecule has 156 valence electrons. The molecule has 0 radical (unpaired) electrons. The van der Waals surface area contributed by atoms with Gasteiger partial charge >= 0.3 is 0 Å². The van der Waals surface area contributed by atoms with Gasteiger partial charge in [0.2, 0.25) is 15.9 Å². The molecule has 3 N–H and O–H groups in total. The second-order valence-corrected chi connectivity index (χ2v) is 8.12. The Bertz CT molecular complexity index is 915.